The van der Waals surface area contributed by atoms with Gasteiger partial charge in [0, 0.05) is 19.4 Å². The maximum absolute atomic E-state index is 12.1. The second-order valence-corrected chi connectivity index (χ2v) is 10.1. The first-order chi connectivity index (χ1) is 17.3. The van der Waals surface area contributed by atoms with Gasteiger partial charge in [-0.3, -0.25) is 9.59 Å². The minimum Gasteiger partial charge on any atom is -0.480 e. The van der Waals surface area contributed by atoms with E-state index in [0.29, 0.717) is 25.8 Å². The first-order valence-corrected chi connectivity index (χ1v) is 14.3. The molecular weight excluding hydrogens is 457 g/mol. The van der Waals surface area contributed by atoms with Gasteiger partial charge in [0.1, 0.15) is 6.04 Å². The summed E-state index contributed by atoms with van der Waals surface area (Å²) >= 11 is 0. The predicted octanol–water partition coefficient (Wildman–Crippen LogP) is 3.59. The molecule has 36 heavy (non-hydrogen) atoms. The fraction of sp³-hybridized carbons (Fsp3) is 0.852. The van der Waals surface area contributed by atoms with Crippen molar-refractivity contribution in [3.05, 3.63) is 0 Å². The Labute approximate surface area is 219 Å². The third-order valence-corrected chi connectivity index (χ3v) is 6.59. The molecule has 5 N–H and O–H groups in total. The monoisotopic (exact) mass is 509 g/mol. The van der Waals surface area contributed by atoms with Gasteiger partial charge >= 0.3 is 5.97 Å². The first kappa shape index (κ1) is 34.1. The fourth-order valence-corrected chi connectivity index (χ4v) is 4.11. The molecule has 8 nitrogen and oxygen atoms in total. The molecule has 0 saturated heterocycles. The van der Waals surface area contributed by atoms with Gasteiger partial charge in [-0.15, -0.1) is 0 Å². The van der Waals surface area contributed by atoms with Crippen molar-refractivity contribution in [1.29, 1.82) is 0 Å². The Kier molecular flexibility index (Phi) is 22.3. The van der Waals surface area contributed by atoms with E-state index in [4.69, 9.17) is 5.73 Å². The van der Waals surface area contributed by atoms with Crippen molar-refractivity contribution in [3.63, 3.8) is 0 Å². The number of carbonyl (C=O) groups is 4. The topological polar surface area (TPSA) is 139 Å². The first-order valence-electron chi connectivity index (χ1n) is 14.3. The van der Waals surface area contributed by atoms with Crippen molar-refractivity contribution in [2.45, 2.75) is 141 Å². The number of hydrogen-bond donors (Lipinski definition) is 4. The Morgan fingerprint density at radius 3 is 1.75 bits per heavy atom. The Morgan fingerprint density at radius 2 is 1.25 bits per heavy atom. The number of unbranched alkanes of at least 4 members (excludes halogenated alkanes) is 13. The lowest BCUT2D eigenvalue weighted by atomic mass is 9.92. The summed E-state index contributed by atoms with van der Waals surface area (Å²) in [5.41, 5.74) is 5.62. The molecule has 0 aromatic carbocycles. The summed E-state index contributed by atoms with van der Waals surface area (Å²) in [4.78, 5) is 46.7. The molecular formula is C27H52BN3O5. The van der Waals surface area contributed by atoms with Crippen LogP contribution in [0.4, 0.5) is 0 Å². The number of hydrogen-bond acceptors (Lipinski definition) is 5. The molecule has 0 bridgehead atoms. The van der Waals surface area contributed by atoms with Gasteiger partial charge in [0.25, 0.3) is 0 Å². The fourth-order valence-electron chi connectivity index (χ4n) is 4.11. The number of rotatable bonds is 25. The maximum Gasteiger partial charge on any atom is 0.326 e. The third-order valence-electron chi connectivity index (χ3n) is 6.59. The van der Waals surface area contributed by atoms with Crippen molar-refractivity contribution >= 4 is 31.3 Å². The van der Waals surface area contributed by atoms with Gasteiger partial charge in [0.05, 0.1) is 11.7 Å². The largest absolute Gasteiger partial charge is 0.480 e. The third kappa shape index (κ3) is 21.4. The van der Waals surface area contributed by atoms with Gasteiger partial charge in [-0.05, 0) is 32.1 Å². The summed E-state index contributed by atoms with van der Waals surface area (Å²) in [5, 5.41) is 14.7. The lowest BCUT2D eigenvalue weighted by Gasteiger charge is -2.14. The number of nitrogens with one attached hydrogen (secondary N) is 2. The number of carboxylic acids is 1. The van der Waals surface area contributed by atoms with Crippen LogP contribution >= 0.6 is 0 Å². The van der Waals surface area contributed by atoms with Crippen LogP contribution in [0.25, 0.3) is 0 Å². The molecule has 0 rings (SSSR count). The van der Waals surface area contributed by atoms with Crippen LogP contribution in [0.3, 0.4) is 0 Å². The summed E-state index contributed by atoms with van der Waals surface area (Å²) < 4.78 is 0. The van der Waals surface area contributed by atoms with E-state index in [1.807, 2.05) is 0 Å². The van der Waals surface area contributed by atoms with Crippen LogP contribution in [-0.4, -0.2) is 55.0 Å². The van der Waals surface area contributed by atoms with Gasteiger partial charge < -0.3 is 26.3 Å². The molecule has 9 heteroatoms. The van der Waals surface area contributed by atoms with Gasteiger partial charge in [-0.1, -0.05) is 84.0 Å². The van der Waals surface area contributed by atoms with E-state index in [-0.39, 0.29) is 30.3 Å². The van der Waals surface area contributed by atoms with E-state index in [1.165, 1.54) is 72.1 Å². The predicted molar refractivity (Wildman–Crippen MR) is 147 cm³/mol. The summed E-state index contributed by atoms with van der Waals surface area (Å²) in [6.45, 7) is 2.69. The second-order valence-electron chi connectivity index (χ2n) is 10.1. The highest BCUT2D eigenvalue weighted by Gasteiger charge is 2.20. The average molecular weight is 510 g/mol. The van der Waals surface area contributed by atoms with E-state index < -0.39 is 18.1 Å². The van der Waals surface area contributed by atoms with Crippen LogP contribution in [-0.2, 0) is 19.2 Å². The second kappa shape index (κ2) is 23.5. The van der Waals surface area contributed by atoms with Crippen molar-refractivity contribution in [3.8, 4) is 0 Å². The molecule has 2 amide bonds. The van der Waals surface area contributed by atoms with Crippen LogP contribution in [0.5, 0.6) is 0 Å². The minimum atomic E-state index is -1.13. The van der Waals surface area contributed by atoms with Crippen molar-refractivity contribution in [1.82, 2.24) is 10.6 Å². The maximum atomic E-state index is 12.1. The van der Waals surface area contributed by atoms with Gasteiger partial charge in [-0.25, -0.2) is 4.79 Å². The van der Waals surface area contributed by atoms with Crippen LogP contribution in [0.15, 0.2) is 0 Å². The number of carboxylic acid groups (broad SMARTS) is 1. The summed E-state index contributed by atoms with van der Waals surface area (Å²) in [6.07, 6.45) is 18.4. The van der Waals surface area contributed by atoms with Crippen LogP contribution in [0.1, 0.15) is 129 Å². The zero-order valence-corrected chi connectivity index (χ0v) is 23.0. The molecule has 0 fully saturated rings. The Bertz CT molecular complexity index is 618. The minimum absolute atomic E-state index is 0.0307. The van der Waals surface area contributed by atoms with E-state index in [9.17, 15) is 24.3 Å². The molecule has 0 aromatic rings. The number of carbonyl (C=O) groups excluding carboxylic acids is 3. The molecule has 0 aliphatic carbocycles. The van der Waals surface area contributed by atoms with E-state index >= 15 is 0 Å². The molecule has 1 unspecified atom stereocenters. The van der Waals surface area contributed by atoms with Crippen molar-refractivity contribution < 1.29 is 24.3 Å². The zero-order valence-electron chi connectivity index (χ0n) is 23.0. The van der Waals surface area contributed by atoms with Crippen molar-refractivity contribution in [2.75, 3.05) is 6.54 Å². The van der Waals surface area contributed by atoms with Crippen LogP contribution in [0.2, 0.25) is 0 Å². The van der Waals surface area contributed by atoms with Crippen molar-refractivity contribution in [2.24, 2.45) is 5.73 Å². The molecule has 0 spiro atoms. The number of aliphatic carboxylic acids is 1. The summed E-state index contributed by atoms with van der Waals surface area (Å²) in [7, 11) is 1.46. The molecule has 0 saturated carbocycles. The van der Waals surface area contributed by atoms with Crippen LogP contribution < -0.4 is 16.4 Å². The lowest BCUT2D eigenvalue weighted by molar-refractivity contribution is -0.142. The average Bonchev–Trinajstić information content (AvgIpc) is 2.83. The van der Waals surface area contributed by atoms with Gasteiger partial charge in [0.2, 0.25) is 11.8 Å². The van der Waals surface area contributed by atoms with Crippen LogP contribution in [0, 0.1) is 0 Å². The highest BCUT2D eigenvalue weighted by molar-refractivity contribution is 6.59. The molecule has 0 aliphatic heterocycles. The summed E-state index contributed by atoms with van der Waals surface area (Å²) in [6, 6.07) is -1.51. The highest BCUT2D eigenvalue weighted by atomic mass is 16.4. The molecule has 0 radical (unpaired) electrons. The number of nitrogens with two attached hydrogens (primary N) is 1. The summed E-state index contributed by atoms with van der Waals surface area (Å²) in [5.74, 6) is -1.64. The van der Waals surface area contributed by atoms with Gasteiger partial charge in [-0.2, -0.15) is 0 Å². The van der Waals surface area contributed by atoms with E-state index in [0.717, 1.165) is 25.7 Å². The van der Waals surface area contributed by atoms with Gasteiger partial charge in [0.15, 0.2) is 7.85 Å². The standard InChI is InChI=1S/C27H52BN3O5/c1-2-3-4-5-6-7-8-9-10-11-12-13-14-18-25(33)31-23(27(35)36)19-20-24(32)30-21-16-15-17-22(29)26(28)34/h22-23H,2-21,28-29H2,1H3,(H,30,32)(H,31,33)(H,35,36)/t22?,23-/m0/s1. The Balaban J connectivity index is 3.78. The number of amides is 2. The molecule has 208 valence electrons. The molecule has 0 heterocycles. The Hall–Kier alpha value is -1.90. The quantitative estimate of drug-likeness (QED) is 0.110. The lowest BCUT2D eigenvalue weighted by Crippen LogP contribution is -2.41. The molecule has 0 aromatic heterocycles. The Morgan fingerprint density at radius 1 is 0.722 bits per heavy atom. The van der Waals surface area contributed by atoms with E-state index in [2.05, 4.69) is 17.6 Å². The van der Waals surface area contributed by atoms with E-state index in [1.54, 1.807) is 0 Å². The molecule has 2 atom stereocenters. The normalized spacial score (nSPS) is 12.6. The zero-order chi connectivity index (χ0) is 27.0. The SMILES string of the molecule is BC(=O)C(N)CCCCNC(=O)CC[C@H](NC(=O)CCCCCCCCCCCCCCC)C(=O)O. The molecule has 0 aliphatic rings. The highest BCUT2D eigenvalue weighted by Crippen LogP contribution is 2.13. The smallest absolute Gasteiger partial charge is 0.326 e.